The fraction of sp³-hybridized carbons (Fsp3) is 0.667. The molecule has 2 atom stereocenters. The highest BCUT2D eigenvalue weighted by molar-refractivity contribution is 5.21. The summed E-state index contributed by atoms with van der Waals surface area (Å²) in [4.78, 5) is 2.79. The standard InChI is InChI=1S/C18H27N/c1-14(2)18-13-19(16-9-6-10-16)12-11-17(18)15-7-4-3-5-8-15/h3-5,7-8,14,16-18H,6,9-13H2,1-2H3/t17-,18-/m0/s1. The second-order valence-corrected chi connectivity index (χ2v) is 6.79. The van der Waals surface area contributed by atoms with Crippen molar-refractivity contribution in [3.63, 3.8) is 0 Å². The number of nitrogens with zero attached hydrogens (tertiary/aromatic N) is 1. The molecule has 0 spiro atoms. The van der Waals surface area contributed by atoms with Gasteiger partial charge in [0.15, 0.2) is 0 Å². The van der Waals surface area contributed by atoms with E-state index in [2.05, 4.69) is 49.1 Å². The molecule has 19 heavy (non-hydrogen) atoms. The lowest BCUT2D eigenvalue weighted by atomic mass is 9.74. The number of hydrogen-bond donors (Lipinski definition) is 0. The quantitative estimate of drug-likeness (QED) is 0.780. The van der Waals surface area contributed by atoms with Gasteiger partial charge >= 0.3 is 0 Å². The lowest BCUT2D eigenvalue weighted by molar-refractivity contribution is 0.0508. The van der Waals surface area contributed by atoms with Gasteiger partial charge in [0.05, 0.1) is 0 Å². The number of rotatable bonds is 3. The fourth-order valence-electron chi connectivity index (χ4n) is 3.88. The minimum atomic E-state index is 0.775. The molecule has 1 heterocycles. The van der Waals surface area contributed by atoms with E-state index in [9.17, 15) is 0 Å². The Bertz CT molecular complexity index is 393. The molecule has 1 aliphatic heterocycles. The van der Waals surface area contributed by atoms with Crippen LogP contribution in [0.15, 0.2) is 30.3 Å². The maximum Gasteiger partial charge on any atom is 0.00954 e. The Morgan fingerprint density at radius 2 is 1.79 bits per heavy atom. The van der Waals surface area contributed by atoms with E-state index in [1.54, 1.807) is 5.56 Å². The molecule has 0 amide bonds. The van der Waals surface area contributed by atoms with Crippen LogP contribution in [0.25, 0.3) is 0 Å². The summed E-state index contributed by atoms with van der Waals surface area (Å²) in [6.45, 7) is 7.45. The number of likely N-dealkylation sites (tertiary alicyclic amines) is 1. The van der Waals surface area contributed by atoms with Crippen LogP contribution in [-0.2, 0) is 0 Å². The maximum absolute atomic E-state index is 2.79. The van der Waals surface area contributed by atoms with Crippen molar-refractivity contribution in [2.24, 2.45) is 11.8 Å². The molecule has 0 aromatic heterocycles. The molecule has 0 unspecified atom stereocenters. The first-order valence-corrected chi connectivity index (χ1v) is 8.04. The number of hydrogen-bond acceptors (Lipinski definition) is 1. The Hall–Kier alpha value is -0.820. The van der Waals surface area contributed by atoms with Gasteiger partial charge in [-0.2, -0.15) is 0 Å². The second kappa shape index (κ2) is 5.66. The van der Waals surface area contributed by atoms with Crippen LogP contribution >= 0.6 is 0 Å². The van der Waals surface area contributed by atoms with Crippen molar-refractivity contribution in [3.05, 3.63) is 35.9 Å². The van der Waals surface area contributed by atoms with Crippen molar-refractivity contribution in [1.82, 2.24) is 4.90 Å². The zero-order valence-electron chi connectivity index (χ0n) is 12.4. The maximum atomic E-state index is 2.79. The summed E-state index contributed by atoms with van der Waals surface area (Å²) >= 11 is 0. The third kappa shape index (κ3) is 2.72. The van der Waals surface area contributed by atoms with Crippen molar-refractivity contribution >= 4 is 0 Å². The Kier molecular flexibility index (Phi) is 3.93. The zero-order valence-corrected chi connectivity index (χ0v) is 12.4. The molecule has 0 bridgehead atoms. The van der Waals surface area contributed by atoms with Crippen LogP contribution in [0, 0.1) is 11.8 Å². The Morgan fingerprint density at radius 1 is 1.05 bits per heavy atom. The van der Waals surface area contributed by atoms with Crippen LogP contribution in [-0.4, -0.2) is 24.0 Å². The molecule has 1 nitrogen and oxygen atoms in total. The molecule has 1 aliphatic carbocycles. The highest BCUT2D eigenvalue weighted by Crippen LogP contribution is 2.39. The van der Waals surface area contributed by atoms with Gasteiger partial charge in [-0.1, -0.05) is 50.6 Å². The van der Waals surface area contributed by atoms with Crippen LogP contribution in [0.4, 0.5) is 0 Å². The van der Waals surface area contributed by atoms with Gasteiger partial charge in [-0.3, -0.25) is 0 Å². The third-order valence-corrected chi connectivity index (χ3v) is 5.36. The summed E-state index contributed by atoms with van der Waals surface area (Å²) in [5.74, 6) is 2.39. The van der Waals surface area contributed by atoms with Crippen LogP contribution in [0.1, 0.15) is 51.0 Å². The Balaban J connectivity index is 1.74. The van der Waals surface area contributed by atoms with Gasteiger partial charge in [0, 0.05) is 12.6 Å². The van der Waals surface area contributed by atoms with E-state index in [0.717, 1.165) is 23.8 Å². The zero-order chi connectivity index (χ0) is 13.2. The van der Waals surface area contributed by atoms with E-state index in [1.165, 1.54) is 38.8 Å². The minimum Gasteiger partial charge on any atom is -0.300 e. The first-order chi connectivity index (χ1) is 9.25. The molecule has 1 heteroatoms. The first-order valence-electron chi connectivity index (χ1n) is 8.04. The molecule has 2 fully saturated rings. The molecule has 1 saturated carbocycles. The van der Waals surface area contributed by atoms with Gasteiger partial charge in [-0.05, 0) is 49.1 Å². The van der Waals surface area contributed by atoms with Crippen LogP contribution < -0.4 is 0 Å². The molecule has 0 radical (unpaired) electrons. The van der Waals surface area contributed by atoms with E-state index < -0.39 is 0 Å². The fourth-order valence-corrected chi connectivity index (χ4v) is 3.88. The summed E-state index contributed by atoms with van der Waals surface area (Å²) in [5.41, 5.74) is 1.56. The Labute approximate surface area is 118 Å². The van der Waals surface area contributed by atoms with E-state index >= 15 is 0 Å². The SMILES string of the molecule is CC(C)[C@@H]1CN(C2CCC2)CC[C@H]1c1ccccc1. The van der Waals surface area contributed by atoms with Crippen LogP contribution in [0.5, 0.6) is 0 Å². The molecule has 1 aromatic rings. The molecule has 1 aromatic carbocycles. The Morgan fingerprint density at radius 3 is 2.37 bits per heavy atom. The highest BCUT2D eigenvalue weighted by atomic mass is 15.2. The van der Waals surface area contributed by atoms with E-state index in [-0.39, 0.29) is 0 Å². The van der Waals surface area contributed by atoms with Crippen molar-refractivity contribution in [2.45, 2.75) is 51.5 Å². The molecular weight excluding hydrogens is 230 g/mol. The van der Waals surface area contributed by atoms with Crippen molar-refractivity contribution in [3.8, 4) is 0 Å². The summed E-state index contributed by atoms with van der Waals surface area (Å²) in [5, 5.41) is 0. The molecule has 2 aliphatic rings. The topological polar surface area (TPSA) is 3.24 Å². The second-order valence-electron chi connectivity index (χ2n) is 6.79. The summed E-state index contributed by atoms with van der Waals surface area (Å²) < 4.78 is 0. The predicted octanol–water partition coefficient (Wildman–Crippen LogP) is 4.30. The van der Waals surface area contributed by atoms with Crippen molar-refractivity contribution in [1.29, 1.82) is 0 Å². The lowest BCUT2D eigenvalue weighted by Gasteiger charge is -2.46. The van der Waals surface area contributed by atoms with Gasteiger partial charge in [0.2, 0.25) is 0 Å². The summed E-state index contributed by atoms with van der Waals surface area (Å²) in [6.07, 6.45) is 5.70. The van der Waals surface area contributed by atoms with Crippen molar-refractivity contribution in [2.75, 3.05) is 13.1 Å². The minimum absolute atomic E-state index is 0.775. The van der Waals surface area contributed by atoms with Crippen LogP contribution in [0.3, 0.4) is 0 Å². The predicted molar refractivity (Wildman–Crippen MR) is 81.3 cm³/mol. The molecule has 104 valence electrons. The molecular formula is C18H27N. The average Bonchev–Trinajstić information content (AvgIpc) is 2.37. The highest BCUT2D eigenvalue weighted by Gasteiger charge is 2.36. The first kappa shape index (κ1) is 13.2. The van der Waals surface area contributed by atoms with E-state index in [4.69, 9.17) is 0 Å². The van der Waals surface area contributed by atoms with Gasteiger partial charge in [0.1, 0.15) is 0 Å². The van der Waals surface area contributed by atoms with Gasteiger partial charge in [-0.25, -0.2) is 0 Å². The van der Waals surface area contributed by atoms with Gasteiger partial charge < -0.3 is 4.90 Å². The van der Waals surface area contributed by atoms with Crippen LogP contribution in [0.2, 0.25) is 0 Å². The monoisotopic (exact) mass is 257 g/mol. The number of piperidine rings is 1. The normalized spacial score (nSPS) is 29.4. The lowest BCUT2D eigenvalue weighted by Crippen LogP contribution is -2.49. The van der Waals surface area contributed by atoms with Gasteiger partial charge in [0.25, 0.3) is 0 Å². The molecule has 1 saturated heterocycles. The smallest absolute Gasteiger partial charge is 0.00954 e. The third-order valence-electron chi connectivity index (χ3n) is 5.36. The largest absolute Gasteiger partial charge is 0.300 e. The number of benzene rings is 1. The summed E-state index contributed by atoms with van der Waals surface area (Å²) in [7, 11) is 0. The average molecular weight is 257 g/mol. The van der Waals surface area contributed by atoms with E-state index in [0.29, 0.717) is 0 Å². The summed E-state index contributed by atoms with van der Waals surface area (Å²) in [6, 6.07) is 12.1. The van der Waals surface area contributed by atoms with Crippen molar-refractivity contribution < 1.29 is 0 Å². The van der Waals surface area contributed by atoms with Gasteiger partial charge in [-0.15, -0.1) is 0 Å². The molecule has 3 rings (SSSR count). The molecule has 0 N–H and O–H groups in total. The van der Waals surface area contributed by atoms with E-state index in [1.807, 2.05) is 0 Å².